The van der Waals surface area contributed by atoms with Gasteiger partial charge in [0, 0.05) is 10.2 Å². The van der Waals surface area contributed by atoms with Crippen LogP contribution in [0.5, 0.6) is 5.75 Å². The average molecular weight is 444 g/mol. The summed E-state index contributed by atoms with van der Waals surface area (Å²) in [6.45, 7) is -0.128. The fourth-order valence-electron chi connectivity index (χ4n) is 1.58. The second-order valence-corrected chi connectivity index (χ2v) is 6.41. The molecule has 114 valence electrons. The van der Waals surface area contributed by atoms with Gasteiger partial charge in [0.05, 0.1) is 4.47 Å². The van der Waals surface area contributed by atoms with Gasteiger partial charge in [-0.3, -0.25) is 10.1 Å². The Hall–Kier alpha value is -1.44. The van der Waals surface area contributed by atoms with Gasteiger partial charge in [0.1, 0.15) is 5.75 Å². The van der Waals surface area contributed by atoms with Gasteiger partial charge in [0.15, 0.2) is 11.7 Å². The molecule has 0 aliphatic carbocycles. The molecule has 0 spiro atoms. The van der Waals surface area contributed by atoms with Crippen LogP contribution in [0, 0.1) is 0 Å². The molecule has 0 heterocycles. The molecular formula is C15H12Br2N2O2S. The number of thiocarbonyl (C=S) groups is 1. The Morgan fingerprint density at radius 1 is 1.14 bits per heavy atom. The summed E-state index contributed by atoms with van der Waals surface area (Å²) in [5, 5.41) is 5.71. The Labute approximate surface area is 150 Å². The average Bonchev–Trinajstić information content (AvgIpc) is 2.47. The Morgan fingerprint density at radius 2 is 1.86 bits per heavy atom. The number of benzene rings is 2. The van der Waals surface area contributed by atoms with Gasteiger partial charge in [0.25, 0.3) is 5.91 Å². The number of carbonyl (C=O) groups excluding carboxylic acids is 1. The molecule has 7 heteroatoms. The summed E-state index contributed by atoms with van der Waals surface area (Å²) in [5.41, 5.74) is 0.810. The molecule has 0 atom stereocenters. The van der Waals surface area contributed by atoms with E-state index in [9.17, 15) is 4.79 Å². The molecule has 0 aliphatic rings. The minimum absolute atomic E-state index is 0.128. The number of hydrogen-bond donors (Lipinski definition) is 2. The van der Waals surface area contributed by atoms with E-state index in [0.29, 0.717) is 5.75 Å². The van der Waals surface area contributed by atoms with Gasteiger partial charge >= 0.3 is 0 Å². The molecule has 2 aromatic carbocycles. The van der Waals surface area contributed by atoms with Crippen LogP contribution in [0.25, 0.3) is 0 Å². The molecule has 4 nitrogen and oxygen atoms in total. The molecule has 2 aromatic rings. The third kappa shape index (κ3) is 5.40. The molecule has 22 heavy (non-hydrogen) atoms. The summed E-state index contributed by atoms with van der Waals surface area (Å²) in [4.78, 5) is 11.8. The quantitative estimate of drug-likeness (QED) is 0.698. The lowest BCUT2D eigenvalue weighted by molar-refractivity contribution is -0.121. The predicted molar refractivity (Wildman–Crippen MR) is 98.1 cm³/mol. The molecule has 2 N–H and O–H groups in total. The lowest BCUT2D eigenvalue weighted by Crippen LogP contribution is -2.37. The molecular weight excluding hydrogens is 432 g/mol. The van der Waals surface area contributed by atoms with E-state index in [-0.39, 0.29) is 17.6 Å². The predicted octanol–water partition coefficient (Wildman–Crippen LogP) is 4.10. The van der Waals surface area contributed by atoms with Crippen LogP contribution in [0.1, 0.15) is 0 Å². The van der Waals surface area contributed by atoms with Crippen LogP contribution in [0.4, 0.5) is 5.69 Å². The van der Waals surface area contributed by atoms with Gasteiger partial charge < -0.3 is 10.1 Å². The van der Waals surface area contributed by atoms with E-state index in [2.05, 4.69) is 42.5 Å². The first-order valence-corrected chi connectivity index (χ1v) is 8.28. The number of ether oxygens (including phenoxy) is 1. The van der Waals surface area contributed by atoms with Crippen LogP contribution in [0.3, 0.4) is 0 Å². The summed E-state index contributed by atoms with van der Waals surface area (Å²) in [7, 11) is 0. The van der Waals surface area contributed by atoms with Gasteiger partial charge in [-0.15, -0.1) is 0 Å². The van der Waals surface area contributed by atoms with Crippen molar-refractivity contribution in [2.75, 3.05) is 11.9 Å². The fraction of sp³-hybridized carbons (Fsp3) is 0.0667. The third-order valence-electron chi connectivity index (χ3n) is 2.54. The Morgan fingerprint density at radius 3 is 2.55 bits per heavy atom. The molecule has 0 aromatic heterocycles. The van der Waals surface area contributed by atoms with Crippen molar-refractivity contribution in [3.05, 3.63) is 57.5 Å². The highest BCUT2D eigenvalue weighted by Gasteiger charge is 2.08. The topological polar surface area (TPSA) is 50.4 Å². The maximum atomic E-state index is 11.8. The standard InChI is InChI=1S/C15H12Br2N2O2S/c16-10-6-7-13(12(17)8-10)21-9-14(20)19-15(22)18-11-4-2-1-3-5-11/h1-8H,9H2,(H2,18,19,20,22). The van der Waals surface area contributed by atoms with Gasteiger partial charge in [0.2, 0.25) is 0 Å². The minimum Gasteiger partial charge on any atom is -0.483 e. The van der Waals surface area contributed by atoms with Crippen molar-refractivity contribution in [3.63, 3.8) is 0 Å². The zero-order valence-corrected chi connectivity index (χ0v) is 15.3. The molecule has 1 amide bonds. The summed E-state index contributed by atoms with van der Waals surface area (Å²) in [6.07, 6.45) is 0. The Kier molecular flexibility index (Phi) is 6.35. The Balaban J connectivity index is 1.81. The van der Waals surface area contributed by atoms with Crippen molar-refractivity contribution in [1.82, 2.24) is 5.32 Å². The van der Waals surface area contributed by atoms with Gasteiger partial charge in [-0.05, 0) is 58.5 Å². The highest BCUT2D eigenvalue weighted by molar-refractivity contribution is 9.11. The Bertz CT molecular complexity index is 680. The fourth-order valence-corrected chi connectivity index (χ4v) is 2.98. The first-order valence-electron chi connectivity index (χ1n) is 6.28. The number of anilines is 1. The second-order valence-electron chi connectivity index (χ2n) is 4.23. The van der Waals surface area contributed by atoms with E-state index in [4.69, 9.17) is 17.0 Å². The van der Waals surface area contributed by atoms with E-state index in [0.717, 1.165) is 14.6 Å². The van der Waals surface area contributed by atoms with Crippen LogP contribution in [-0.4, -0.2) is 17.6 Å². The van der Waals surface area contributed by atoms with Crippen LogP contribution in [-0.2, 0) is 4.79 Å². The third-order valence-corrected chi connectivity index (χ3v) is 3.85. The van der Waals surface area contributed by atoms with E-state index < -0.39 is 0 Å². The van der Waals surface area contributed by atoms with Crippen molar-refractivity contribution in [1.29, 1.82) is 0 Å². The van der Waals surface area contributed by atoms with E-state index in [1.54, 1.807) is 6.07 Å². The van der Waals surface area contributed by atoms with Crippen LogP contribution < -0.4 is 15.4 Å². The highest BCUT2D eigenvalue weighted by Crippen LogP contribution is 2.28. The second kappa shape index (κ2) is 8.26. The first-order chi connectivity index (χ1) is 10.5. The SMILES string of the molecule is O=C(COc1ccc(Br)cc1Br)NC(=S)Nc1ccccc1. The zero-order chi connectivity index (χ0) is 15.9. The summed E-state index contributed by atoms with van der Waals surface area (Å²) in [5.74, 6) is 0.253. The number of rotatable bonds is 4. The summed E-state index contributed by atoms with van der Waals surface area (Å²) >= 11 is 11.8. The zero-order valence-electron chi connectivity index (χ0n) is 11.3. The van der Waals surface area contributed by atoms with Crippen molar-refractivity contribution >= 4 is 60.8 Å². The molecule has 0 bridgehead atoms. The van der Waals surface area contributed by atoms with Gasteiger partial charge in [-0.2, -0.15) is 0 Å². The van der Waals surface area contributed by atoms with Crippen molar-refractivity contribution < 1.29 is 9.53 Å². The molecule has 0 saturated carbocycles. The number of nitrogens with one attached hydrogen (secondary N) is 2. The molecule has 0 unspecified atom stereocenters. The number of amides is 1. The highest BCUT2D eigenvalue weighted by atomic mass is 79.9. The molecule has 2 rings (SSSR count). The summed E-state index contributed by atoms with van der Waals surface area (Å²) in [6, 6.07) is 14.8. The smallest absolute Gasteiger partial charge is 0.264 e. The first kappa shape index (κ1) is 16.9. The maximum Gasteiger partial charge on any atom is 0.264 e. The van der Waals surface area contributed by atoms with E-state index in [1.807, 2.05) is 42.5 Å². The molecule has 0 radical (unpaired) electrons. The largest absolute Gasteiger partial charge is 0.483 e. The van der Waals surface area contributed by atoms with E-state index in [1.165, 1.54) is 0 Å². The van der Waals surface area contributed by atoms with Gasteiger partial charge in [-0.1, -0.05) is 34.1 Å². The lowest BCUT2D eigenvalue weighted by atomic mass is 10.3. The molecule has 0 fully saturated rings. The number of para-hydroxylation sites is 1. The van der Waals surface area contributed by atoms with Crippen molar-refractivity contribution in [3.8, 4) is 5.75 Å². The van der Waals surface area contributed by atoms with Crippen LogP contribution >= 0.6 is 44.1 Å². The number of carbonyl (C=O) groups is 1. The normalized spacial score (nSPS) is 9.91. The van der Waals surface area contributed by atoms with E-state index >= 15 is 0 Å². The van der Waals surface area contributed by atoms with Gasteiger partial charge in [-0.25, -0.2) is 0 Å². The minimum atomic E-state index is -0.330. The van der Waals surface area contributed by atoms with Crippen LogP contribution in [0.2, 0.25) is 0 Å². The maximum absolute atomic E-state index is 11.8. The monoisotopic (exact) mass is 442 g/mol. The van der Waals surface area contributed by atoms with Crippen molar-refractivity contribution in [2.45, 2.75) is 0 Å². The molecule has 0 saturated heterocycles. The number of halogens is 2. The molecule has 0 aliphatic heterocycles. The number of hydrogen-bond acceptors (Lipinski definition) is 3. The lowest BCUT2D eigenvalue weighted by Gasteiger charge is -2.11. The summed E-state index contributed by atoms with van der Waals surface area (Å²) < 4.78 is 7.12. The van der Waals surface area contributed by atoms with Crippen LogP contribution in [0.15, 0.2) is 57.5 Å². The van der Waals surface area contributed by atoms with Crippen molar-refractivity contribution in [2.24, 2.45) is 0 Å².